The Morgan fingerprint density at radius 3 is 2.42 bits per heavy atom. The fourth-order valence-electron chi connectivity index (χ4n) is 6.17. The first-order valence-corrected chi connectivity index (χ1v) is 15.2. The van der Waals surface area contributed by atoms with E-state index in [0.29, 0.717) is 25.9 Å². The lowest BCUT2D eigenvalue weighted by Gasteiger charge is -2.48. The van der Waals surface area contributed by atoms with Gasteiger partial charge >= 0.3 is 0 Å². The van der Waals surface area contributed by atoms with E-state index >= 15 is 0 Å². The van der Waals surface area contributed by atoms with Gasteiger partial charge in [-0.1, -0.05) is 32.9 Å². The maximum Gasteiger partial charge on any atom is 0.253 e. The number of carbonyl (C=O) groups is 3. The molecular weight excluding hydrogens is 558 g/mol. The molecular formula is C32H51NO10. The Bertz CT molecular complexity index is 1030. The van der Waals surface area contributed by atoms with Gasteiger partial charge in [0.1, 0.15) is 11.7 Å². The summed E-state index contributed by atoms with van der Waals surface area (Å²) < 4.78 is 29.7. The Morgan fingerprint density at radius 1 is 1.19 bits per heavy atom. The highest BCUT2D eigenvalue weighted by atomic mass is 16.6. The van der Waals surface area contributed by atoms with Gasteiger partial charge in [0.25, 0.3) is 11.8 Å². The van der Waals surface area contributed by atoms with Crippen LogP contribution in [0.3, 0.4) is 0 Å². The van der Waals surface area contributed by atoms with Gasteiger partial charge in [-0.2, -0.15) is 0 Å². The summed E-state index contributed by atoms with van der Waals surface area (Å²) in [7, 11) is 3.18. The van der Waals surface area contributed by atoms with Crippen LogP contribution in [0.15, 0.2) is 24.3 Å². The third kappa shape index (κ3) is 8.39. The zero-order chi connectivity index (χ0) is 32.1. The van der Waals surface area contributed by atoms with Crippen LogP contribution in [-0.2, 0) is 38.1 Å². The van der Waals surface area contributed by atoms with Crippen molar-refractivity contribution in [2.45, 2.75) is 115 Å². The second-order valence-corrected chi connectivity index (χ2v) is 13.0. The normalized spacial score (nSPS) is 33.1. The molecule has 3 heterocycles. The molecule has 0 aromatic rings. The quantitative estimate of drug-likeness (QED) is 0.162. The highest BCUT2D eigenvalue weighted by molar-refractivity contribution is 6.12. The minimum atomic E-state index is -1.43. The maximum atomic E-state index is 13.6. The molecule has 11 heteroatoms. The number of aliphatic hydroxyl groups is 2. The smallest absolute Gasteiger partial charge is 0.253 e. The Hall–Kier alpha value is -1.99. The van der Waals surface area contributed by atoms with Crippen molar-refractivity contribution >= 4 is 17.6 Å². The molecule has 0 radical (unpaired) electrons. The monoisotopic (exact) mass is 609 g/mol. The minimum Gasteiger partial charge on any atom is -0.392 e. The second-order valence-electron chi connectivity index (χ2n) is 13.0. The molecule has 0 bridgehead atoms. The molecule has 3 aliphatic heterocycles. The van der Waals surface area contributed by atoms with Gasteiger partial charge in [0.15, 0.2) is 5.78 Å². The summed E-state index contributed by atoms with van der Waals surface area (Å²) >= 11 is 0. The zero-order valence-corrected chi connectivity index (χ0v) is 26.7. The molecule has 43 heavy (non-hydrogen) atoms. The number of rotatable bonds is 15. The van der Waals surface area contributed by atoms with E-state index in [0.717, 1.165) is 10.5 Å². The van der Waals surface area contributed by atoms with Crippen molar-refractivity contribution in [3.8, 4) is 0 Å². The molecule has 0 spiro atoms. The SMILES string of the molecule is C=C1C[C@](C)([C@H](O)C(=O)C[C@@H](OCCCN2C(=O)C=CC2=O)[C@@H]2C[C@@H](O)C(C)(C)[C@@H](C[C@@H](COC)OC)O2)O[C@H](C)[C@@H]1C. The van der Waals surface area contributed by atoms with Crippen molar-refractivity contribution in [2.75, 3.05) is 34.0 Å². The predicted octanol–water partition coefficient (Wildman–Crippen LogP) is 2.36. The van der Waals surface area contributed by atoms with Gasteiger partial charge in [-0.15, -0.1) is 0 Å². The predicted molar refractivity (Wildman–Crippen MR) is 158 cm³/mol. The van der Waals surface area contributed by atoms with Gasteiger partial charge in [-0.05, 0) is 20.3 Å². The van der Waals surface area contributed by atoms with Crippen LogP contribution in [0.5, 0.6) is 0 Å². The molecule has 2 amide bonds. The van der Waals surface area contributed by atoms with Crippen LogP contribution in [0.4, 0.5) is 0 Å². The highest BCUT2D eigenvalue weighted by Crippen LogP contribution is 2.41. The van der Waals surface area contributed by atoms with E-state index in [9.17, 15) is 24.6 Å². The van der Waals surface area contributed by atoms with Gasteiger partial charge in [0.2, 0.25) is 0 Å². The van der Waals surface area contributed by atoms with E-state index in [-0.39, 0.29) is 55.9 Å². The number of imide groups is 1. The van der Waals surface area contributed by atoms with E-state index < -0.39 is 47.3 Å². The molecule has 0 aromatic carbocycles. The molecule has 0 unspecified atom stereocenters. The van der Waals surface area contributed by atoms with Crippen molar-refractivity contribution in [2.24, 2.45) is 11.3 Å². The fourth-order valence-corrected chi connectivity index (χ4v) is 6.17. The largest absolute Gasteiger partial charge is 0.392 e. The average Bonchev–Trinajstić information content (AvgIpc) is 3.27. The van der Waals surface area contributed by atoms with Crippen molar-refractivity contribution in [1.29, 1.82) is 0 Å². The number of amides is 2. The molecule has 0 aliphatic carbocycles. The Morgan fingerprint density at radius 2 is 1.84 bits per heavy atom. The lowest BCUT2D eigenvalue weighted by Crippen LogP contribution is -2.56. The maximum absolute atomic E-state index is 13.6. The Kier molecular flexibility index (Phi) is 12.3. The van der Waals surface area contributed by atoms with Crippen molar-refractivity contribution in [3.63, 3.8) is 0 Å². The number of Topliss-reactive ketones (excluding diaryl/α,β-unsaturated/α-hetero) is 1. The molecule has 2 saturated heterocycles. The first-order valence-electron chi connectivity index (χ1n) is 15.2. The van der Waals surface area contributed by atoms with E-state index in [4.69, 9.17) is 23.7 Å². The number of ketones is 1. The molecule has 2 N–H and O–H groups in total. The molecule has 3 aliphatic rings. The summed E-state index contributed by atoms with van der Waals surface area (Å²) in [5.74, 6) is -1.12. The number of hydrogen-bond donors (Lipinski definition) is 2. The summed E-state index contributed by atoms with van der Waals surface area (Å²) in [5, 5.41) is 22.5. The number of carbonyl (C=O) groups excluding carboxylic acids is 3. The molecule has 9 atom stereocenters. The fraction of sp³-hybridized carbons (Fsp3) is 0.781. The highest BCUT2D eigenvalue weighted by Gasteiger charge is 2.49. The molecule has 11 nitrogen and oxygen atoms in total. The molecule has 2 fully saturated rings. The summed E-state index contributed by atoms with van der Waals surface area (Å²) in [6.45, 7) is 14.3. The minimum absolute atomic E-state index is 0.0995. The summed E-state index contributed by atoms with van der Waals surface area (Å²) in [4.78, 5) is 38.6. The van der Waals surface area contributed by atoms with Crippen LogP contribution >= 0.6 is 0 Å². The standard InChI is InChI=1S/C32H51NO10/c1-19-17-32(6,43-21(3)20(19)2)30(38)23(34)15-24(41-13-9-12-33-28(36)10-11-29(33)37)25-16-26(35)31(4,5)27(42-25)14-22(40-8)18-39-7/h10-11,20-22,24-27,30,35,38H,1,9,12-18H2,2-8H3/t20-,21-,22+,24-,25+,26-,27-,30-,32-/m1/s1. The summed E-state index contributed by atoms with van der Waals surface area (Å²) in [6.07, 6.45) is -0.992. The van der Waals surface area contributed by atoms with Crippen LogP contribution in [0.2, 0.25) is 0 Å². The third-order valence-corrected chi connectivity index (χ3v) is 9.49. The number of nitrogens with zero attached hydrogens (tertiary/aromatic N) is 1. The van der Waals surface area contributed by atoms with Crippen LogP contribution < -0.4 is 0 Å². The van der Waals surface area contributed by atoms with Crippen molar-refractivity contribution < 1.29 is 48.3 Å². The van der Waals surface area contributed by atoms with E-state index in [1.165, 1.54) is 12.2 Å². The van der Waals surface area contributed by atoms with Gasteiger partial charge < -0.3 is 33.9 Å². The average molecular weight is 610 g/mol. The number of methoxy groups -OCH3 is 2. The molecule has 244 valence electrons. The summed E-state index contributed by atoms with van der Waals surface area (Å²) in [5.41, 5.74) is -0.846. The summed E-state index contributed by atoms with van der Waals surface area (Å²) in [6, 6.07) is 0. The van der Waals surface area contributed by atoms with Crippen LogP contribution in [0, 0.1) is 11.3 Å². The van der Waals surface area contributed by atoms with Crippen LogP contribution in [0.25, 0.3) is 0 Å². The Balaban J connectivity index is 1.77. The third-order valence-electron chi connectivity index (χ3n) is 9.49. The van der Waals surface area contributed by atoms with Crippen LogP contribution in [-0.4, -0.2) is 115 Å². The van der Waals surface area contributed by atoms with Gasteiger partial charge in [0, 0.05) is 76.5 Å². The molecule has 3 rings (SSSR count). The van der Waals surface area contributed by atoms with Crippen molar-refractivity contribution in [1.82, 2.24) is 4.90 Å². The first-order chi connectivity index (χ1) is 20.1. The lowest BCUT2D eigenvalue weighted by molar-refractivity contribution is -0.217. The van der Waals surface area contributed by atoms with E-state index in [1.807, 2.05) is 27.7 Å². The van der Waals surface area contributed by atoms with Gasteiger partial charge in [-0.3, -0.25) is 19.3 Å². The number of aliphatic hydroxyl groups excluding tert-OH is 2. The topological polar surface area (TPSA) is 141 Å². The molecule has 0 saturated carbocycles. The number of hydrogen-bond acceptors (Lipinski definition) is 10. The van der Waals surface area contributed by atoms with Crippen LogP contribution in [0.1, 0.15) is 66.7 Å². The number of ether oxygens (including phenoxy) is 5. The van der Waals surface area contributed by atoms with E-state index in [2.05, 4.69) is 6.58 Å². The van der Waals surface area contributed by atoms with Gasteiger partial charge in [0.05, 0.1) is 43.2 Å². The lowest BCUT2D eigenvalue weighted by atomic mass is 9.73. The van der Waals surface area contributed by atoms with E-state index in [1.54, 1.807) is 21.1 Å². The zero-order valence-electron chi connectivity index (χ0n) is 26.7. The van der Waals surface area contributed by atoms with Gasteiger partial charge in [-0.25, -0.2) is 0 Å². The second kappa shape index (κ2) is 14.9. The molecule has 0 aromatic heterocycles. The first kappa shape index (κ1) is 35.5. The Labute approximate surface area is 255 Å². The van der Waals surface area contributed by atoms with Crippen molar-refractivity contribution in [3.05, 3.63) is 24.3 Å².